The molecule has 13 heteroatoms. The van der Waals surface area contributed by atoms with Gasteiger partial charge in [-0.2, -0.15) is 4.98 Å². The molecule has 2 aromatic heterocycles. The molecule has 3 aromatic rings. The summed E-state index contributed by atoms with van der Waals surface area (Å²) in [5.41, 5.74) is 0. The lowest BCUT2D eigenvalue weighted by atomic mass is 10.1. The first-order chi connectivity index (χ1) is 14.9. The van der Waals surface area contributed by atoms with Crippen molar-refractivity contribution in [2.24, 2.45) is 0 Å². The van der Waals surface area contributed by atoms with E-state index >= 15 is 0 Å². The Morgan fingerprint density at radius 1 is 1.39 bits per heavy atom. The molecule has 31 heavy (non-hydrogen) atoms. The molecule has 1 aliphatic heterocycles. The van der Waals surface area contributed by atoms with Gasteiger partial charge in [0.15, 0.2) is 11.1 Å². The van der Waals surface area contributed by atoms with Gasteiger partial charge in [0.2, 0.25) is 16.8 Å². The van der Waals surface area contributed by atoms with Gasteiger partial charge in [0.05, 0.1) is 10.9 Å². The summed E-state index contributed by atoms with van der Waals surface area (Å²) in [6, 6.07) is 4.35. The standard InChI is InChI=1S/C18H17BrFN5O5S/c19-11-2-1-9(20)7-13(11)29-10-3-5-25(6-4-10)18-23-22-16(31-18)15-21-14(30-24-15)8-12(26)17(27)28/h1-2,7,10,12,26H,3-6,8H2,(H,27,28)/t12-/m1/s1. The van der Waals surface area contributed by atoms with E-state index < -0.39 is 12.1 Å². The number of aromatic nitrogens is 4. The fourth-order valence-electron chi connectivity index (χ4n) is 3.02. The summed E-state index contributed by atoms with van der Waals surface area (Å²) >= 11 is 4.65. The van der Waals surface area contributed by atoms with E-state index in [4.69, 9.17) is 14.4 Å². The SMILES string of the molecule is O=C(O)[C@H](O)Cc1nc(-c2nnc(N3CCC(Oc4cc(F)ccc4Br)CC3)s2)no1. The van der Waals surface area contributed by atoms with Crippen LogP contribution in [-0.2, 0) is 11.2 Å². The van der Waals surface area contributed by atoms with Crippen LogP contribution in [0.25, 0.3) is 10.8 Å². The zero-order valence-corrected chi connectivity index (χ0v) is 18.3. The Morgan fingerprint density at radius 3 is 2.90 bits per heavy atom. The van der Waals surface area contributed by atoms with Crippen LogP contribution in [-0.4, -0.2) is 61.8 Å². The predicted octanol–water partition coefficient (Wildman–Crippen LogP) is 2.53. The first kappa shape index (κ1) is 21.6. The number of halogens is 2. The predicted molar refractivity (Wildman–Crippen MR) is 111 cm³/mol. The van der Waals surface area contributed by atoms with Crippen molar-refractivity contribution in [3.05, 3.63) is 34.4 Å². The molecule has 164 valence electrons. The second-order valence-corrected chi connectivity index (χ2v) is 8.65. The average molecular weight is 514 g/mol. The first-order valence-corrected chi connectivity index (χ1v) is 10.9. The third-order valence-electron chi connectivity index (χ3n) is 4.63. The van der Waals surface area contributed by atoms with Crippen LogP contribution in [0.2, 0.25) is 0 Å². The van der Waals surface area contributed by atoms with Crippen LogP contribution in [0.3, 0.4) is 0 Å². The Hall–Kier alpha value is -2.64. The fraction of sp³-hybridized carbons (Fsp3) is 0.389. The normalized spacial score (nSPS) is 15.8. The van der Waals surface area contributed by atoms with Crippen LogP contribution in [0.15, 0.2) is 27.2 Å². The fourth-order valence-corrected chi connectivity index (χ4v) is 4.19. The van der Waals surface area contributed by atoms with E-state index in [1.54, 1.807) is 6.07 Å². The van der Waals surface area contributed by atoms with Crippen molar-refractivity contribution >= 4 is 38.4 Å². The Balaban J connectivity index is 1.35. The van der Waals surface area contributed by atoms with Gasteiger partial charge in [-0.3, -0.25) is 0 Å². The molecule has 1 aromatic carbocycles. The highest BCUT2D eigenvalue weighted by atomic mass is 79.9. The van der Waals surface area contributed by atoms with Gasteiger partial charge in [-0.05, 0) is 28.1 Å². The van der Waals surface area contributed by atoms with Crippen LogP contribution < -0.4 is 9.64 Å². The first-order valence-electron chi connectivity index (χ1n) is 9.33. The molecule has 0 radical (unpaired) electrons. The third-order valence-corrected chi connectivity index (χ3v) is 6.26. The van der Waals surface area contributed by atoms with E-state index in [0.29, 0.717) is 33.5 Å². The number of hydrogen-bond acceptors (Lipinski definition) is 10. The number of aliphatic carboxylic acids is 1. The van der Waals surface area contributed by atoms with Gasteiger partial charge >= 0.3 is 5.97 Å². The minimum Gasteiger partial charge on any atom is -0.489 e. The van der Waals surface area contributed by atoms with Gasteiger partial charge in [0, 0.05) is 32.0 Å². The summed E-state index contributed by atoms with van der Waals surface area (Å²) in [7, 11) is 0. The second-order valence-electron chi connectivity index (χ2n) is 6.84. The molecule has 4 rings (SSSR count). The van der Waals surface area contributed by atoms with E-state index in [0.717, 1.165) is 12.8 Å². The molecule has 1 saturated heterocycles. The number of benzene rings is 1. The maximum Gasteiger partial charge on any atom is 0.333 e. The molecule has 0 spiro atoms. The van der Waals surface area contributed by atoms with Crippen LogP contribution in [0.1, 0.15) is 18.7 Å². The molecule has 0 saturated carbocycles. The van der Waals surface area contributed by atoms with Crippen molar-refractivity contribution < 1.29 is 28.7 Å². The van der Waals surface area contributed by atoms with Crippen LogP contribution >= 0.6 is 27.3 Å². The van der Waals surface area contributed by atoms with E-state index in [9.17, 15) is 14.3 Å². The van der Waals surface area contributed by atoms with Gasteiger partial charge in [0.25, 0.3) is 0 Å². The highest BCUT2D eigenvalue weighted by molar-refractivity contribution is 9.10. The van der Waals surface area contributed by atoms with Gasteiger partial charge in [-0.25, -0.2) is 9.18 Å². The Labute approximate surface area is 187 Å². The minimum atomic E-state index is -1.62. The number of carbonyl (C=O) groups is 1. The number of nitrogens with zero attached hydrogens (tertiary/aromatic N) is 5. The number of carboxylic acid groups (broad SMARTS) is 1. The highest BCUT2D eigenvalue weighted by Gasteiger charge is 2.25. The van der Waals surface area contributed by atoms with Gasteiger partial charge in [-0.1, -0.05) is 16.5 Å². The summed E-state index contributed by atoms with van der Waals surface area (Å²) < 4.78 is 25.1. The van der Waals surface area contributed by atoms with Crippen LogP contribution in [0.4, 0.5) is 9.52 Å². The molecular formula is C18H17BrFN5O5S. The topological polar surface area (TPSA) is 135 Å². The van der Waals surface area contributed by atoms with E-state index in [2.05, 4.69) is 41.2 Å². The van der Waals surface area contributed by atoms with Crippen molar-refractivity contribution in [3.8, 4) is 16.6 Å². The summed E-state index contributed by atoms with van der Waals surface area (Å²) in [6.07, 6.45) is -0.477. The third kappa shape index (κ3) is 5.17. The van der Waals surface area contributed by atoms with Gasteiger partial charge in [0.1, 0.15) is 17.7 Å². The summed E-state index contributed by atoms with van der Waals surface area (Å²) in [4.78, 5) is 16.9. The van der Waals surface area contributed by atoms with Gasteiger partial charge < -0.3 is 24.4 Å². The zero-order chi connectivity index (χ0) is 22.0. The lowest BCUT2D eigenvalue weighted by molar-refractivity contribution is -0.146. The number of aliphatic hydroxyl groups excluding tert-OH is 1. The van der Waals surface area contributed by atoms with Crippen molar-refractivity contribution in [1.29, 1.82) is 0 Å². The van der Waals surface area contributed by atoms with E-state index in [-0.39, 0.29) is 30.1 Å². The lowest BCUT2D eigenvalue weighted by Gasteiger charge is -2.31. The van der Waals surface area contributed by atoms with Crippen LogP contribution in [0.5, 0.6) is 5.75 Å². The molecule has 1 aliphatic rings. The van der Waals surface area contributed by atoms with E-state index in [1.165, 1.54) is 23.5 Å². The summed E-state index contributed by atoms with van der Waals surface area (Å²) in [5, 5.41) is 31.3. The smallest absolute Gasteiger partial charge is 0.333 e. The summed E-state index contributed by atoms with van der Waals surface area (Å²) in [6.45, 7) is 1.38. The summed E-state index contributed by atoms with van der Waals surface area (Å²) in [5.74, 6) is -1.04. The largest absolute Gasteiger partial charge is 0.489 e. The number of ether oxygens (including phenoxy) is 1. The monoisotopic (exact) mass is 513 g/mol. The van der Waals surface area contributed by atoms with Crippen molar-refractivity contribution in [2.75, 3.05) is 18.0 Å². The van der Waals surface area contributed by atoms with Gasteiger partial charge in [-0.15, -0.1) is 10.2 Å². The number of piperidine rings is 1. The molecular weight excluding hydrogens is 497 g/mol. The maximum atomic E-state index is 13.4. The number of anilines is 1. The number of rotatable bonds is 7. The number of carboxylic acids is 1. The molecule has 2 N–H and O–H groups in total. The van der Waals surface area contributed by atoms with Crippen molar-refractivity contribution in [2.45, 2.75) is 31.5 Å². The van der Waals surface area contributed by atoms with Crippen LogP contribution in [0, 0.1) is 5.82 Å². The van der Waals surface area contributed by atoms with Crippen molar-refractivity contribution in [3.63, 3.8) is 0 Å². The Bertz CT molecular complexity index is 1070. The number of hydrogen-bond donors (Lipinski definition) is 2. The minimum absolute atomic E-state index is 0.00289. The molecule has 3 heterocycles. The molecule has 0 aliphatic carbocycles. The second kappa shape index (κ2) is 9.24. The molecule has 10 nitrogen and oxygen atoms in total. The average Bonchev–Trinajstić information content (AvgIpc) is 3.41. The number of aliphatic hydroxyl groups is 1. The van der Waals surface area contributed by atoms with E-state index in [1.807, 2.05) is 0 Å². The molecule has 0 amide bonds. The molecule has 0 unspecified atom stereocenters. The molecule has 1 atom stereocenters. The van der Waals surface area contributed by atoms with Crippen molar-refractivity contribution in [1.82, 2.24) is 20.3 Å². The molecule has 1 fully saturated rings. The Kier molecular flexibility index (Phi) is 6.43. The quantitative estimate of drug-likeness (QED) is 0.484. The lowest BCUT2D eigenvalue weighted by Crippen LogP contribution is -2.38. The molecule has 0 bridgehead atoms. The zero-order valence-electron chi connectivity index (χ0n) is 15.9. The Morgan fingerprint density at radius 2 is 2.16 bits per heavy atom. The maximum absolute atomic E-state index is 13.4. The highest BCUT2D eigenvalue weighted by Crippen LogP contribution is 2.31.